The van der Waals surface area contributed by atoms with E-state index < -0.39 is 0 Å². The van der Waals surface area contributed by atoms with E-state index in [0.717, 1.165) is 52.0 Å². The number of thiophene rings is 1. The van der Waals surface area contributed by atoms with Crippen LogP contribution in [-0.4, -0.2) is 66.3 Å². The third kappa shape index (κ3) is 2.69. The van der Waals surface area contributed by atoms with Gasteiger partial charge in [-0.1, -0.05) is 0 Å². The second-order valence-electron chi connectivity index (χ2n) is 8.50. The van der Waals surface area contributed by atoms with Gasteiger partial charge in [-0.2, -0.15) is 0 Å². The molecule has 26 heavy (non-hydrogen) atoms. The lowest BCUT2D eigenvalue weighted by Gasteiger charge is -2.46. The molecule has 3 saturated heterocycles. The number of rotatable bonds is 2. The maximum Gasteiger partial charge on any atom is 0.231 e. The standard InChI is InChI=1S/C20H29N3O2S/c1-15-4-5-17(26-15)12-22-10-6-19(7-11-22)13-23(16(2)24)14-20(19)8-9-21(3)18(20)25/h4-5H,6-14H2,1-3H3/t20-/m0/s1. The van der Waals surface area contributed by atoms with Gasteiger partial charge >= 0.3 is 0 Å². The molecule has 142 valence electrons. The highest BCUT2D eigenvalue weighted by Crippen LogP contribution is 2.57. The molecule has 3 aliphatic heterocycles. The van der Waals surface area contributed by atoms with Crippen LogP contribution < -0.4 is 0 Å². The minimum atomic E-state index is -0.348. The van der Waals surface area contributed by atoms with Crippen molar-refractivity contribution >= 4 is 23.2 Å². The van der Waals surface area contributed by atoms with Crippen molar-refractivity contribution in [1.82, 2.24) is 14.7 Å². The van der Waals surface area contributed by atoms with Gasteiger partial charge in [-0.3, -0.25) is 14.5 Å². The number of hydrogen-bond donors (Lipinski definition) is 0. The maximum absolute atomic E-state index is 13.1. The first-order chi connectivity index (χ1) is 12.4. The molecule has 5 nitrogen and oxygen atoms in total. The number of hydrogen-bond acceptors (Lipinski definition) is 4. The Morgan fingerprint density at radius 3 is 2.42 bits per heavy atom. The summed E-state index contributed by atoms with van der Waals surface area (Å²) in [6.45, 7) is 9.03. The zero-order chi connectivity index (χ0) is 18.5. The molecule has 0 aliphatic carbocycles. The molecule has 0 saturated carbocycles. The molecule has 0 radical (unpaired) electrons. The third-order valence-electron chi connectivity index (χ3n) is 7.03. The van der Waals surface area contributed by atoms with E-state index in [-0.39, 0.29) is 22.6 Å². The van der Waals surface area contributed by atoms with Gasteiger partial charge in [0, 0.05) is 55.3 Å². The summed E-state index contributed by atoms with van der Waals surface area (Å²) >= 11 is 1.87. The van der Waals surface area contributed by atoms with Gasteiger partial charge in [0.25, 0.3) is 0 Å². The average molecular weight is 376 g/mol. The Balaban J connectivity index is 1.53. The van der Waals surface area contributed by atoms with Gasteiger partial charge in [0.15, 0.2) is 0 Å². The lowest BCUT2D eigenvalue weighted by atomic mass is 9.60. The smallest absolute Gasteiger partial charge is 0.231 e. The number of piperidine rings is 1. The quantitative estimate of drug-likeness (QED) is 0.797. The van der Waals surface area contributed by atoms with Crippen LogP contribution in [0, 0.1) is 17.8 Å². The molecule has 1 atom stereocenters. The van der Waals surface area contributed by atoms with E-state index >= 15 is 0 Å². The number of carbonyl (C=O) groups excluding carboxylic acids is 2. The van der Waals surface area contributed by atoms with Crippen molar-refractivity contribution in [1.29, 1.82) is 0 Å². The van der Waals surface area contributed by atoms with Crippen LogP contribution in [0.2, 0.25) is 0 Å². The minimum absolute atomic E-state index is 0.0393. The van der Waals surface area contributed by atoms with Crippen LogP contribution in [-0.2, 0) is 16.1 Å². The highest BCUT2D eigenvalue weighted by molar-refractivity contribution is 7.11. The summed E-state index contributed by atoms with van der Waals surface area (Å²) in [4.78, 5) is 34.3. The van der Waals surface area contributed by atoms with Crippen LogP contribution in [0.4, 0.5) is 0 Å². The molecule has 0 aromatic carbocycles. The molecule has 2 amide bonds. The second-order valence-corrected chi connectivity index (χ2v) is 9.88. The largest absolute Gasteiger partial charge is 0.345 e. The van der Waals surface area contributed by atoms with E-state index in [9.17, 15) is 9.59 Å². The van der Waals surface area contributed by atoms with Crippen LogP contribution in [0.3, 0.4) is 0 Å². The number of aryl methyl sites for hydroxylation is 1. The fourth-order valence-corrected chi connectivity index (χ4v) is 6.36. The lowest BCUT2D eigenvalue weighted by Crippen LogP contribution is -2.52. The Bertz CT molecular complexity index is 722. The van der Waals surface area contributed by atoms with E-state index in [4.69, 9.17) is 0 Å². The summed E-state index contributed by atoms with van der Waals surface area (Å²) < 4.78 is 0. The Hall–Kier alpha value is -1.40. The van der Waals surface area contributed by atoms with Crippen LogP contribution in [0.15, 0.2) is 12.1 Å². The van der Waals surface area contributed by atoms with Crippen molar-refractivity contribution < 1.29 is 9.59 Å². The number of nitrogens with zero attached hydrogens (tertiary/aromatic N) is 3. The number of fused-ring (bicyclic) bond motifs is 1. The van der Waals surface area contributed by atoms with E-state index in [0.29, 0.717) is 6.54 Å². The molecular weight excluding hydrogens is 346 g/mol. The van der Waals surface area contributed by atoms with E-state index in [1.165, 1.54) is 9.75 Å². The Kier molecular flexibility index (Phi) is 4.39. The molecule has 1 aromatic rings. The molecule has 6 heteroatoms. The van der Waals surface area contributed by atoms with Crippen molar-refractivity contribution in [2.24, 2.45) is 10.8 Å². The summed E-state index contributed by atoms with van der Waals surface area (Å²) in [5.74, 6) is 0.378. The number of likely N-dealkylation sites (tertiary alicyclic amines) is 3. The van der Waals surface area contributed by atoms with Crippen LogP contribution >= 0.6 is 11.3 Å². The van der Waals surface area contributed by atoms with Gasteiger partial charge in [-0.25, -0.2) is 0 Å². The molecule has 0 unspecified atom stereocenters. The minimum Gasteiger partial charge on any atom is -0.345 e. The van der Waals surface area contributed by atoms with Crippen LogP contribution in [0.25, 0.3) is 0 Å². The SMILES string of the molecule is CC(=O)N1CC2(CCN(Cc3ccc(C)s3)CC2)[C@@]2(CCN(C)C2=O)C1. The van der Waals surface area contributed by atoms with E-state index in [1.807, 2.05) is 28.2 Å². The molecule has 2 spiro atoms. The van der Waals surface area contributed by atoms with Crippen LogP contribution in [0.5, 0.6) is 0 Å². The van der Waals surface area contributed by atoms with E-state index in [2.05, 4.69) is 24.0 Å². The Labute approximate surface area is 159 Å². The van der Waals surface area contributed by atoms with Crippen molar-refractivity contribution in [3.05, 3.63) is 21.9 Å². The molecule has 3 aliphatic rings. The summed E-state index contributed by atoms with van der Waals surface area (Å²) in [7, 11) is 1.91. The monoisotopic (exact) mass is 375 g/mol. The average Bonchev–Trinajstić information content (AvgIpc) is 3.25. The van der Waals surface area contributed by atoms with Gasteiger partial charge in [0.05, 0.1) is 5.41 Å². The fourth-order valence-electron chi connectivity index (χ4n) is 5.43. The molecule has 1 aromatic heterocycles. The van der Waals surface area contributed by atoms with Crippen molar-refractivity contribution in [3.63, 3.8) is 0 Å². The first-order valence-electron chi connectivity index (χ1n) is 9.64. The highest BCUT2D eigenvalue weighted by atomic mass is 32.1. The molecule has 3 fully saturated rings. The van der Waals surface area contributed by atoms with Gasteiger partial charge in [-0.05, 0) is 51.4 Å². The predicted molar refractivity (Wildman–Crippen MR) is 103 cm³/mol. The molecule has 4 heterocycles. The number of carbonyl (C=O) groups is 2. The summed E-state index contributed by atoms with van der Waals surface area (Å²) in [5.41, 5.74) is -0.387. The fraction of sp³-hybridized carbons (Fsp3) is 0.700. The van der Waals surface area contributed by atoms with Crippen LogP contribution in [0.1, 0.15) is 35.9 Å². The molecule has 0 bridgehead atoms. The zero-order valence-corrected chi connectivity index (χ0v) is 16.9. The highest BCUT2D eigenvalue weighted by Gasteiger charge is 2.65. The maximum atomic E-state index is 13.1. The topological polar surface area (TPSA) is 43.9 Å². The molecule has 4 rings (SSSR count). The Morgan fingerprint density at radius 2 is 1.88 bits per heavy atom. The third-order valence-corrected chi connectivity index (χ3v) is 8.02. The van der Waals surface area contributed by atoms with Gasteiger partial charge < -0.3 is 9.80 Å². The summed E-state index contributed by atoms with van der Waals surface area (Å²) in [5, 5.41) is 0. The van der Waals surface area contributed by atoms with Gasteiger partial charge in [0.2, 0.25) is 11.8 Å². The van der Waals surface area contributed by atoms with Gasteiger partial charge in [0.1, 0.15) is 0 Å². The summed E-state index contributed by atoms with van der Waals surface area (Å²) in [6, 6.07) is 4.42. The first-order valence-corrected chi connectivity index (χ1v) is 10.5. The van der Waals surface area contributed by atoms with Crippen molar-refractivity contribution in [3.8, 4) is 0 Å². The summed E-state index contributed by atoms with van der Waals surface area (Å²) in [6.07, 6.45) is 2.93. The van der Waals surface area contributed by atoms with Crippen molar-refractivity contribution in [2.45, 2.75) is 39.7 Å². The normalized spacial score (nSPS) is 28.7. The molecular formula is C20H29N3O2S. The van der Waals surface area contributed by atoms with Gasteiger partial charge in [-0.15, -0.1) is 11.3 Å². The van der Waals surface area contributed by atoms with Crippen molar-refractivity contribution in [2.75, 3.05) is 39.8 Å². The van der Waals surface area contributed by atoms with E-state index in [1.54, 1.807) is 6.92 Å². The second kappa shape index (κ2) is 6.34. The zero-order valence-electron chi connectivity index (χ0n) is 16.1. The lowest BCUT2D eigenvalue weighted by molar-refractivity contribution is -0.141. The molecule has 0 N–H and O–H groups in total. The predicted octanol–water partition coefficient (Wildman–Crippen LogP) is 2.35. The number of amides is 2. The first kappa shape index (κ1) is 18.0. The Morgan fingerprint density at radius 1 is 1.15 bits per heavy atom.